The molecule has 0 fully saturated rings. The van der Waals surface area contributed by atoms with Crippen LogP contribution in [0.1, 0.15) is 0 Å². The Bertz CT molecular complexity index is 458. The van der Waals surface area contributed by atoms with Gasteiger partial charge in [0.15, 0.2) is 5.75 Å². The van der Waals surface area contributed by atoms with Gasteiger partial charge in [0.1, 0.15) is 4.90 Å². The Morgan fingerprint density at radius 1 is 1.43 bits per heavy atom. The van der Waals surface area contributed by atoms with Crippen LogP contribution in [0, 0.1) is 0 Å². The average Bonchev–Trinajstić information content (AvgIpc) is 2.01. The van der Waals surface area contributed by atoms with Gasteiger partial charge in [-0.1, -0.05) is 11.6 Å². The summed E-state index contributed by atoms with van der Waals surface area (Å²) in [4.78, 5) is -0.152. The van der Waals surface area contributed by atoms with Gasteiger partial charge in [-0.3, -0.25) is 0 Å². The molecular weight excluding hydrogens is 315 g/mol. The first-order valence-electron chi connectivity index (χ1n) is 3.34. The van der Waals surface area contributed by atoms with Gasteiger partial charge in [-0.05, 0) is 28.1 Å². The van der Waals surface area contributed by atoms with Gasteiger partial charge < -0.3 is 4.74 Å². The monoisotopic (exact) mass is 318 g/mol. The van der Waals surface area contributed by atoms with Gasteiger partial charge in [0.05, 0.1) is 11.6 Å². The van der Waals surface area contributed by atoms with Crippen LogP contribution in [-0.4, -0.2) is 15.5 Å². The van der Waals surface area contributed by atoms with Gasteiger partial charge in [0.25, 0.3) is 9.05 Å². The van der Waals surface area contributed by atoms with Crippen LogP contribution in [0.5, 0.6) is 5.75 Å². The Morgan fingerprint density at radius 3 is 2.43 bits per heavy atom. The molecule has 0 aliphatic rings. The predicted molar refractivity (Wildman–Crippen MR) is 58.7 cm³/mol. The van der Waals surface area contributed by atoms with Crippen molar-refractivity contribution in [3.05, 3.63) is 21.6 Å². The van der Waals surface area contributed by atoms with Crippen LogP contribution in [0.15, 0.2) is 21.5 Å². The van der Waals surface area contributed by atoms with Crippen LogP contribution >= 0.6 is 38.2 Å². The fourth-order valence-electron chi connectivity index (χ4n) is 0.916. The van der Waals surface area contributed by atoms with E-state index in [4.69, 9.17) is 27.0 Å². The first-order chi connectivity index (χ1) is 6.36. The number of hydrogen-bond acceptors (Lipinski definition) is 3. The fraction of sp³-hybridized carbons (Fsp3) is 0.143. The molecule has 14 heavy (non-hydrogen) atoms. The van der Waals surface area contributed by atoms with E-state index in [1.165, 1.54) is 19.2 Å². The molecule has 0 aliphatic heterocycles. The van der Waals surface area contributed by atoms with E-state index < -0.39 is 9.05 Å². The first kappa shape index (κ1) is 12.1. The van der Waals surface area contributed by atoms with Crippen molar-refractivity contribution in [2.24, 2.45) is 0 Å². The minimum absolute atomic E-state index is 0.143. The van der Waals surface area contributed by atoms with E-state index in [0.29, 0.717) is 4.47 Å². The van der Waals surface area contributed by atoms with Crippen molar-refractivity contribution in [1.82, 2.24) is 0 Å². The lowest BCUT2D eigenvalue weighted by Gasteiger charge is -2.08. The van der Waals surface area contributed by atoms with E-state index in [1.54, 1.807) is 0 Å². The van der Waals surface area contributed by atoms with Crippen molar-refractivity contribution < 1.29 is 13.2 Å². The summed E-state index contributed by atoms with van der Waals surface area (Å²) in [6.45, 7) is 0. The third kappa shape index (κ3) is 2.53. The molecule has 0 amide bonds. The highest BCUT2D eigenvalue weighted by Crippen LogP contribution is 2.36. The molecule has 0 heterocycles. The SMILES string of the molecule is COc1c(Br)cc(Cl)cc1S(=O)(=O)Cl. The quantitative estimate of drug-likeness (QED) is 0.787. The normalized spacial score (nSPS) is 11.4. The molecule has 0 atom stereocenters. The molecule has 0 saturated heterocycles. The van der Waals surface area contributed by atoms with E-state index in [-0.39, 0.29) is 15.7 Å². The fourth-order valence-corrected chi connectivity index (χ4v) is 3.11. The number of benzene rings is 1. The van der Waals surface area contributed by atoms with E-state index in [9.17, 15) is 8.42 Å². The van der Waals surface area contributed by atoms with Gasteiger partial charge in [-0.15, -0.1) is 0 Å². The molecule has 0 saturated carbocycles. The summed E-state index contributed by atoms with van der Waals surface area (Å²) in [6, 6.07) is 2.75. The van der Waals surface area contributed by atoms with Gasteiger partial charge in [0, 0.05) is 15.7 Å². The molecule has 0 aliphatic carbocycles. The smallest absolute Gasteiger partial charge is 0.265 e. The van der Waals surface area contributed by atoms with Crippen LogP contribution in [0.4, 0.5) is 0 Å². The largest absolute Gasteiger partial charge is 0.494 e. The molecule has 1 aromatic carbocycles. The lowest BCUT2D eigenvalue weighted by molar-refractivity contribution is 0.400. The predicted octanol–water partition coefficient (Wildman–Crippen LogP) is 3.04. The third-order valence-corrected chi connectivity index (χ3v) is 3.58. The molecule has 0 unspecified atom stereocenters. The van der Waals surface area contributed by atoms with Crippen molar-refractivity contribution in [2.45, 2.75) is 4.90 Å². The molecule has 1 rings (SSSR count). The Balaban J connectivity index is 3.56. The van der Waals surface area contributed by atoms with E-state index in [2.05, 4.69) is 15.9 Å². The van der Waals surface area contributed by atoms with E-state index >= 15 is 0 Å². The second-order valence-corrected chi connectivity index (χ2v) is 6.18. The summed E-state index contributed by atoms with van der Waals surface area (Å²) in [5.41, 5.74) is 0. The second-order valence-electron chi connectivity index (χ2n) is 2.36. The Labute approximate surface area is 99.5 Å². The molecular formula is C7H5BrCl2O3S. The van der Waals surface area contributed by atoms with Crippen molar-refractivity contribution >= 4 is 47.3 Å². The zero-order valence-electron chi connectivity index (χ0n) is 6.92. The summed E-state index contributed by atoms with van der Waals surface area (Å²) in [6.07, 6.45) is 0. The van der Waals surface area contributed by atoms with Gasteiger partial charge in [0.2, 0.25) is 0 Å². The minimum atomic E-state index is -3.86. The number of hydrogen-bond donors (Lipinski definition) is 0. The summed E-state index contributed by atoms with van der Waals surface area (Å²) in [5.74, 6) is 0.143. The summed E-state index contributed by atoms with van der Waals surface area (Å²) >= 11 is 8.79. The summed E-state index contributed by atoms with van der Waals surface area (Å²) in [7, 11) is 2.69. The zero-order valence-corrected chi connectivity index (χ0v) is 10.8. The zero-order chi connectivity index (χ0) is 10.9. The maximum absolute atomic E-state index is 11.1. The summed E-state index contributed by atoms with van der Waals surface area (Å²) < 4.78 is 27.6. The lowest BCUT2D eigenvalue weighted by Crippen LogP contribution is -1.97. The van der Waals surface area contributed by atoms with E-state index in [1.807, 2.05) is 0 Å². The minimum Gasteiger partial charge on any atom is -0.494 e. The third-order valence-electron chi connectivity index (χ3n) is 1.44. The number of methoxy groups -OCH3 is 1. The molecule has 1 aromatic rings. The molecule has 0 N–H and O–H groups in total. The topological polar surface area (TPSA) is 43.4 Å². The maximum atomic E-state index is 11.1. The van der Waals surface area contributed by atoms with Crippen LogP contribution in [0.2, 0.25) is 5.02 Å². The standard InChI is InChI=1S/C7H5BrCl2O3S/c1-13-7-5(8)2-4(9)3-6(7)14(10,11)12/h2-3H,1H3. The molecule has 78 valence electrons. The van der Waals surface area contributed by atoms with Gasteiger partial charge in [-0.25, -0.2) is 8.42 Å². The highest BCUT2D eigenvalue weighted by Gasteiger charge is 2.19. The first-order valence-corrected chi connectivity index (χ1v) is 6.82. The van der Waals surface area contributed by atoms with Crippen molar-refractivity contribution in [3.63, 3.8) is 0 Å². The molecule has 7 heteroatoms. The molecule has 3 nitrogen and oxygen atoms in total. The van der Waals surface area contributed by atoms with E-state index in [0.717, 1.165) is 0 Å². The molecule has 0 bridgehead atoms. The number of rotatable bonds is 2. The van der Waals surface area contributed by atoms with Crippen molar-refractivity contribution in [1.29, 1.82) is 0 Å². The number of ether oxygens (including phenoxy) is 1. The number of halogens is 3. The Kier molecular flexibility index (Phi) is 3.69. The highest BCUT2D eigenvalue weighted by atomic mass is 79.9. The Hall–Kier alpha value is 0.0300. The lowest BCUT2D eigenvalue weighted by atomic mass is 10.3. The van der Waals surface area contributed by atoms with Crippen molar-refractivity contribution in [3.8, 4) is 5.75 Å². The van der Waals surface area contributed by atoms with Gasteiger partial charge >= 0.3 is 0 Å². The average molecular weight is 320 g/mol. The molecule has 0 aromatic heterocycles. The van der Waals surface area contributed by atoms with Gasteiger partial charge in [-0.2, -0.15) is 0 Å². The maximum Gasteiger partial charge on any atom is 0.265 e. The molecule has 0 spiro atoms. The van der Waals surface area contributed by atoms with Crippen LogP contribution < -0.4 is 4.74 Å². The Morgan fingerprint density at radius 2 is 2.00 bits per heavy atom. The van der Waals surface area contributed by atoms with Crippen molar-refractivity contribution in [2.75, 3.05) is 7.11 Å². The summed E-state index contributed by atoms with van der Waals surface area (Å²) in [5, 5.41) is 0.261. The second kappa shape index (κ2) is 4.26. The highest BCUT2D eigenvalue weighted by molar-refractivity contribution is 9.10. The van der Waals surface area contributed by atoms with Crippen LogP contribution in [-0.2, 0) is 9.05 Å². The molecule has 0 radical (unpaired) electrons. The van der Waals surface area contributed by atoms with Crippen LogP contribution in [0.25, 0.3) is 0 Å². The van der Waals surface area contributed by atoms with Crippen LogP contribution in [0.3, 0.4) is 0 Å².